The Morgan fingerprint density at radius 3 is 2.53 bits per heavy atom. The van der Waals surface area contributed by atoms with Crippen LogP contribution in [0, 0.1) is 10.1 Å². The van der Waals surface area contributed by atoms with Crippen LogP contribution in [-0.4, -0.2) is 33.4 Å². The number of aliphatic imine (C=N–C) groups is 1. The number of benzene rings is 1. The minimum absolute atomic E-state index is 0.0376. The molecule has 0 amide bonds. The number of alkyl halides is 2. The Bertz CT molecular complexity index is 504. The van der Waals surface area contributed by atoms with Gasteiger partial charge < -0.3 is 9.84 Å². The highest BCUT2D eigenvalue weighted by atomic mass is 35.5. The third-order valence-corrected chi connectivity index (χ3v) is 3.06. The van der Waals surface area contributed by atoms with E-state index in [1.54, 1.807) is 0 Å². The first-order chi connectivity index (χ1) is 8.99. The fourth-order valence-corrected chi connectivity index (χ4v) is 1.94. The summed E-state index contributed by atoms with van der Waals surface area (Å²) in [7, 11) is 0. The largest absolute Gasteiger partial charge is 0.477 e. The van der Waals surface area contributed by atoms with E-state index in [4.69, 9.17) is 27.9 Å². The molecule has 0 fully saturated rings. The first kappa shape index (κ1) is 14.0. The first-order valence-corrected chi connectivity index (χ1v) is 6.27. The number of nitro benzene ring substituents is 1. The molecule has 0 aromatic heterocycles. The second kappa shape index (κ2) is 5.73. The lowest BCUT2D eigenvalue weighted by Crippen LogP contribution is -2.17. The summed E-state index contributed by atoms with van der Waals surface area (Å²) in [6.45, 7) is 0.170. The lowest BCUT2D eigenvalue weighted by molar-refractivity contribution is -0.384. The van der Waals surface area contributed by atoms with E-state index < -0.39 is 21.9 Å². The highest BCUT2D eigenvalue weighted by Crippen LogP contribution is 2.26. The van der Waals surface area contributed by atoms with E-state index in [9.17, 15) is 15.2 Å². The van der Waals surface area contributed by atoms with E-state index in [-0.39, 0.29) is 18.2 Å². The van der Waals surface area contributed by atoms with Gasteiger partial charge >= 0.3 is 0 Å². The minimum Gasteiger partial charge on any atom is -0.477 e. The topological polar surface area (TPSA) is 85.0 Å². The van der Waals surface area contributed by atoms with E-state index in [0.29, 0.717) is 5.56 Å². The molecule has 1 aliphatic rings. The summed E-state index contributed by atoms with van der Waals surface area (Å²) >= 11 is 11.2. The van der Waals surface area contributed by atoms with Crippen molar-refractivity contribution in [2.45, 2.75) is 17.0 Å². The molecule has 1 heterocycles. The Kier molecular flexibility index (Phi) is 4.24. The SMILES string of the molecule is O=[N+]([O-])c1ccc([C@@H](O)[C@H]2COC(C(Cl)Cl)=N2)cc1. The number of ether oxygens (including phenoxy) is 1. The molecule has 0 unspecified atom stereocenters. The summed E-state index contributed by atoms with van der Waals surface area (Å²) in [4.78, 5) is 13.2. The van der Waals surface area contributed by atoms with Gasteiger partial charge in [-0.1, -0.05) is 23.2 Å². The molecule has 1 N–H and O–H groups in total. The molecule has 1 aromatic rings. The highest BCUT2D eigenvalue weighted by Gasteiger charge is 2.29. The van der Waals surface area contributed by atoms with E-state index in [2.05, 4.69) is 4.99 Å². The molecule has 0 bridgehead atoms. The van der Waals surface area contributed by atoms with Gasteiger partial charge in [0.2, 0.25) is 5.90 Å². The third-order valence-electron chi connectivity index (χ3n) is 2.69. The quantitative estimate of drug-likeness (QED) is 0.525. The molecule has 1 aromatic carbocycles. The Balaban J connectivity index is 2.12. The zero-order chi connectivity index (χ0) is 14.0. The molecule has 0 spiro atoms. The minimum atomic E-state index is -0.926. The van der Waals surface area contributed by atoms with Gasteiger partial charge in [-0.05, 0) is 17.7 Å². The maximum atomic E-state index is 10.5. The Morgan fingerprint density at radius 1 is 1.42 bits per heavy atom. The van der Waals surface area contributed by atoms with Crippen LogP contribution in [0.4, 0.5) is 5.69 Å². The lowest BCUT2D eigenvalue weighted by atomic mass is 10.0. The number of nitro groups is 1. The maximum absolute atomic E-state index is 10.5. The van der Waals surface area contributed by atoms with Crippen LogP contribution in [0.15, 0.2) is 29.3 Å². The number of halogens is 2. The molecule has 6 nitrogen and oxygen atoms in total. The number of nitrogens with zero attached hydrogens (tertiary/aromatic N) is 2. The Labute approximate surface area is 118 Å². The van der Waals surface area contributed by atoms with E-state index >= 15 is 0 Å². The Hall–Kier alpha value is -1.37. The van der Waals surface area contributed by atoms with Gasteiger partial charge in [0.15, 0.2) is 4.84 Å². The van der Waals surface area contributed by atoms with Crippen LogP contribution < -0.4 is 0 Å². The predicted molar refractivity (Wildman–Crippen MR) is 70.7 cm³/mol. The second-order valence-electron chi connectivity index (χ2n) is 3.94. The van der Waals surface area contributed by atoms with Crippen molar-refractivity contribution < 1.29 is 14.8 Å². The molecular weight excluding hydrogens is 295 g/mol. The lowest BCUT2D eigenvalue weighted by Gasteiger charge is -2.14. The number of aliphatic hydroxyl groups excluding tert-OH is 1. The predicted octanol–water partition coefficient (Wildman–Crippen LogP) is 2.23. The molecule has 102 valence electrons. The third kappa shape index (κ3) is 3.15. The molecule has 0 radical (unpaired) electrons. The number of hydrogen-bond donors (Lipinski definition) is 1. The van der Waals surface area contributed by atoms with Crippen LogP contribution in [0.2, 0.25) is 0 Å². The highest BCUT2D eigenvalue weighted by molar-refractivity contribution is 6.53. The van der Waals surface area contributed by atoms with Crippen molar-refractivity contribution in [2.75, 3.05) is 6.61 Å². The summed E-state index contributed by atoms with van der Waals surface area (Å²) < 4.78 is 5.15. The van der Waals surface area contributed by atoms with Crippen LogP contribution in [0.3, 0.4) is 0 Å². The van der Waals surface area contributed by atoms with Crippen LogP contribution in [0.1, 0.15) is 11.7 Å². The van der Waals surface area contributed by atoms with Gasteiger partial charge in [0.05, 0.1) is 4.92 Å². The molecule has 0 saturated carbocycles. The molecule has 2 rings (SSSR count). The van der Waals surface area contributed by atoms with Crippen molar-refractivity contribution in [3.05, 3.63) is 39.9 Å². The van der Waals surface area contributed by atoms with Gasteiger partial charge in [0, 0.05) is 12.1 Å². The van der Waals surface area contributed by atoms with Crippen molar-refractivity contribution in [1.82, 2.24) is 0 Å². The summed E-state index contributed by atoms with van der Waals surface area (Å²) in [6, 6.07) is 5.09. The summed E-state index contributed by atoms with van der Waals surface area (Å²) in [5.74, 6) is 0.175. The van der Waals surface area contributed by atoms with Gasteiger partial charge in [-0.3, -0.25) is 10.1 Å². The van der Waals surface area contributed by atoms with E-state index in [0.717, 1.165) is 0 Å². The molecule has 0 saturated heterocycles. The average molecular weight is 305 g/mol. The molecule has 19 heavy (non-hydrogen) atoms. The smallest absolute Gasteiger partial charge is 0.269 e. The van der Waals surface area contributed by atoms with E-state index in [1.807, 2.05) is 0 Å². The maximum Gasteiger partial charge on any atom is 0.269 e. The van der Waals surface area contributed by atoms with Crippen molar-refractivity contribution in [2.24, 2.45) is 4.99 Å². The van der Waals surface area contributed by atoms with Crippen LogP contribution in [0.25, 0.3) is 0 Å². The summed E-state index contributed by atoms with van der Waals surface area (Å²) in [5.41, 5.74) is 0.481. The Morgan fingerprint density at radius 2 is 2.05 bits per heavy atom. The molecule has 0 aliphatic carbocycles. The van der Waals surface area contributed by atoms with Crippen molar-refractivity contribution in [1.29, 1.82) is 0 Å². The summed E-state index contributed by atoms with van der Waals surface area (Å²) in [6.07, 6.45) is -0.926. The van der Waals surface area contributed by atoms with Crippen molar-refractivity contribution in [3.8, 4) is 0 Å². The second-order valence-corrected chi connectivity index (χ2v) is 5.04. The number of hydrogen-bond acceptors (Lipinski definition) is 5. The van der Waals surface area contributed by atoms with Crippen LogP contribution in [-0.2, 0) is 4.74 Å². The van der Waals surface area contributed by atoms with Gasteiger partial charge in [-0.15, -0.1) is 0 Å². The molecule has 2 atom stereocenters. The molecule has 1 aliphatic heterocycles. The zero-order valence-electron chi connectivity index (χ0n) is 9.57. The summed E-state index contributed by atoms with van der Waals surface area (Å²) in [5, 5.41) is 20.6. The average Bonchev–Trinajstić information content (AvgIpc) is 2.87. The van der Waals surface area contributed by atoms with Crippen molar-refractivity contribution >= 4 is 34.8 Å². The van der Waals surface area contributed by atoms with Crippen LogP contribution >= 0.6 is 23.2 Å². The fraction of sp³-hybridized carbons (Fsp3) is 0.364. The zero-order valence-corrected chi connectivity index (χ0v) is 11.1. The number of rotatable bonds is 4. The van der Waals surface area contributed by atoms with Crippen LogP contribution in [0.5, 0.6) is 0 Å². The van der Waals surface area contributed by atoms with E-state index in [1.165, 1.54) is 24.3 Å². The number of aliphatic hydroxyl groups is 1. The number of non-ortho nitro benzene ring substituents is 1. The van der Waals surface area contributed by atoms with Gasteiger partial charge in [-0.25, -0.2) is 4.99 Å². The molecular formula is C11H10Cl2N2O4. The monoisotopic (exact) mass is 304 g/mol. The standard InChI is InChI=1S/C11H10Cl2N2O4/c12-10(13)11-14-8(5-19-11)9(16)6-1-3-7(4-2-6)15(17)18/h1-4,8-10,16H,5H2/t8-,9-/m1/s1. The van der Waals surface area contributed by atoms with Gasteiger partial charge in [-0.2, -0.15) is 0 Å². The normalized spacial score (nSPS) is 20.0. The molecule has 8 heteroatoms. The van der Waals surface area contributed by atoms with Crippen molar-refractivity contribution in [3.63, 3.8) is 0 Å². The van der Waals surface area contributed by atoms with Gasteiger partial charge in [0.25, 0.3) is 5.69 Å². The van der Waals surface area contributed by atoms with Gasteiger partial charge in [0.1, 0.15) is 18.8 Å². The fourth-order valence-electron chi connectivity index (χ4n) is 1.71. The first-order valence-electron chi connectivity index (χ1n) is 5.40.